The first kappa shape index (κ1) is 20.9. The van der Waals surface area contributed by atoms with Crippen LogP contribution in [0, 0.1) is 0 Å². The largest absolute Gasteiger partial charge is 0.507 e. The maximum atomic E-state index is 12.6. The van der Waals surface area contributed by atoms with Gasteiger partial charge in [-0.3, -0.25) is 9.59 Å². The van der Waals surface area contributed by atoms with Gasteiger partial charge in [-0.05, 0) is 35.6 Å². The molecule has 0 aliphatic carbocycles. The Kier molecular flexibility index (Phi) is 6.00. The lowest BCUT2D eigenvalue weighted by molar-refractivity contribution is -0.599. The molecule has 0 fully saturated rings. The van der Waals surface area contributed by atoms with Crippen LogP contribution in [0.1, 0.15) is 31.2 Å². The van der Waals surface area contributed by atoms with E-state index >= 15 is 0 Å². The second-order valence-electron chi connectivity index (χ2n) is 6.63. The van der Waals surface area contributed by atoms with Crippen LogP contribution < -0.4 is 14.9 Å². The third-order valence-electron chi connectivity index (χ3n) is 4.54. The Morgan fingerprint density at radius 2 is 1.62 bits per heavy atom. The zero-order valence-electron chi connectivity index (χ0n) is 16.6. The van der Waals surface area contributed by atoms with Crippen molar-refractivity contribution >= 4 is 29.2 Å². The molecule has 0 atom stereocenters. The van der Waals surface area contributed by atoms with Crippen molar-refractivity contribution < 1.29 is 19.3 Å². The van der Waals surface area contributed by atoms with E-state index in [9.17, 15) is 19.5 Å². The first-order valence-corrected chi connectivity index (χ1v) is 10.3. The van der Waals surface area contributed by atoms with Gasteiger partial charge in [0, 0.05) is 11.1 Å². The van der Waals surface area contributed by atoms with E-state index in [-0.39, 0.29) is 22.0 Å². The lowest BCUT2D eigenvalue weighted by atomic mass is 10.0. The summed E-state index contributed by atoms with van der Waals surface area (Å²) < 4.78 is 1.64. The van der Waals surface area contributed by atoms with Crippen LogP contribution in [0.3, 0.4) is 0 Å². The Bertz CT molecular complexity index is 1360. The van der Waals surface area contributed by atoms with E-state index in [1.165, 1.54) is 18.3 Å². The van der Waals surface area contributed by atoms with Crippen molar-refractivity contribution in [1.29, 1.82) is 0 Å². The number of benzene rings is 2. The van der Waals surface area contributed by atoms with Gasteiger partial charge in [0.2, 0.25) is 0 Å². The Morgan fingerprint density at radius 3 is 2.34 bits per heavy atom. The number of H-pyrrole nitrogens is 1. The van der Waals surface area contributed by atoms with Crippen LogP contribution in [0.2, 0.25) is 0 Å². The van der Waals surface area contributed by atoms with E-state index in [0.29, 0.717) is 21.8 Å². The summed E-state index contributed by atoms with van der Waals surface area (Å²) in [4.78, 5) is 39.5. The quantitative estimate of drug-likeness (QED) is 0.183. The molecule has 0 aliphatic heterocycles. The van der Waals surface area contributed by atoms with Crippen molar-refractivity contribution in [2.24, 2.45) is 5.10 Å². The minimum atomic E-state index is -0.583. The second-order valence-corrected chi connectivity index (χ2v) is 7.65. The number of amides is 1. The highest BCUT2D eigenvalue weighted by atomic mass is 32.1. The number of carbonyl (C=O) groups excluding carboxylic acids is 2. The number of aromatic nitrogens is 2. The lowest BCUT2D eigenvalue weighted by Crippen LogP contribution is -2.32. The summed E-state index contributed by atoms with van der Waals surface area (Å²) in [7, 11) is 0. The molecule has 2 aromatic heterocycles. The molecule has 0 unspecified atom stereocenters. The number of ketones is 1. The van der Waals surface area contributed by atoms with Gasteiger partial charge < -0.3 is 5.11 Å². The molecule has 4 aromatic rings. The van der Waals surface area contributed by atoms with E-state index < -0.39 is 5.91 Å². The Labute approximate surface area is 186 Å². The molecular weight excluding hydrogens is 428 g/mol. The smallest absolute Gasteiger partial charge is 0.390 e. The molecule has 0 spiro atoms. The molecule has 2 aromatic carbocycles. The lowest BCUT2D eigenvalue weighted by Gasteiger charge is -2.02. The molecule has 0 bridgehead atoms. The predicted molar refractivity (Wildman–Crippen MR) is 120 cm³/mol. The topological polar surface area (TPSA) is 115 Å². The third kappa shape index (κ3) is 4.52. The number of hydrogen-bond donors (Lipinski definition) is 3. The van der Waals surface area contributed by atoms with Gasteiger partial charge in [-0.25, -0.2) is 14.8 Å². The third-order valence-corrected chi connectivity index (χ3v) is 5.34. The number of nitrogens with zero attached hydrogens (tertiary/aromatic N) is 2. The number of phenols is 1. The van der Waals surface area contributed by atoms with Crippen molar-refractivity contribution in [2.75, 3.05) is 0 Å². The maximum Gasteiger partial charge on any atom is 0.390 e. The number of pyridine rings is 1. The van der Waals surface area contributed by atoms with Crippen molar-refractivity contribution in [1.82, 2.24) is 10.4 Å². The molecule has 158 valence electrons. The SMILES string of the molecule is O=C(c1ccccc1)c1cc[n+](-c2[nH]c(=O)sc2C=NNC(=O)c2ccccc2O)cc1. The minimum Gasteiger partial charge on any atom is -0.507 e. The summed E-state index contributed by atoms with van der Waals surface area (Å²) in [6.07, 6.45) is 4.66. The van der Waals surface area contributed by atoms with Gasteiger partial charge in [0.25, 0.3) is 5.91 Å². The number of hydrogen-bond acceptors (Lipinski definition) is 6. The number of carbonyl (C=O) groups is 2. The molecule has 0 radical (unpaired) electrons. The maximum absolute atomic E-state index is 12.6. The fourth-order valence-electron chi connectivity index (χ4n) is 2.97. The van der Waals surface area contributed by atoms with E-state index in [2.05, 4.69) is 15.5 Å². The van der Waals surface area contributed by atoms with Gasteiger partial charge in [-0.15, -0.1) is 0 Å². The number of rotatable bonds is 6. The molecular formula is C23H17N4O4S+. The Morgan fingerprint density at radius 1 is 0.969 bits per heavy atom. The summed E-state index contributed by atoms with van der Waals surface area (Å²) in [5.74, 6) is -0.405. The second kappa shape index (κ2) is 9.19. The number of phenolic OH excluding ortho intramolecular Hbond substituents is 1. The van der Waals surface area contributed by atoms with Crippen molar-refractivity contribution in [3.8, 4) is 11.6 Å². The molecule has 0 saturated carbocycles. The van der Waals surface area contributed by atoms with E-state index in [4.69, 9.17) is 0 Å². The molecule has 32 heavy (non-hydrogen) atoms. The number of aromatic hydroxyl groups is 1. The molecule has 1 amide bonds. The van der Waals surface area contributed by atoms with Crippen molar-refractivity contribution in [2.45, 2.75) is 0 Å². The van der Waals surface area contributed by atoms with Gasteiger partial charge >= 0.3 is 10.7 Å². The summed E-state index contributed by atoms with van der Waals surface area (Å²) in [5.41, 5.74) is 3.50. The average molecular weight is 445 g/mol. The molecule has 8 nitrogen and oxygen atoms in total. The van der Waals surface area contributed by atoms with Crippen molar-refractivity contribution in [3.05, 3.63) is 110 Å². The van der Waals surface area contributed by atoms with Crippen LogP contribution in [-0.2, 0) is 0 Å². The Hall–Kier alpha value is -4.37. The number of hydrazone groups is 1. The number of thiazole rings is 1. The van der Waals surface area contributed by atoms with Gasteiger partial charge in [0.15, 0.2) is 5.78 Å². The van der Waals surface area contributed by atoms with Crippen LogP contribution in [0.4, 0.5) is 0 Å². The number of para-hydroxylation sites is 1. The normalized spacial score (nSPS) is 10.9. The highest BCUT2D eigenvalue weighted by Gasteiger charge is 2.18. The summed E-state index contributed by atoms with van der Waals surface area (Å²) in [6.45, 7) is 0. The predicted octanol–water partition coefficient (Wildman–Crippen LogP) is 2.41. The van der Waals surface area contributed by atoms with Gasteiger partial charge in [0.1, 0.15) is 10.6 Å². The number of aromatic amines is 1. The van der Waals surface area contributed by atoms with Gasteiger partial charge in [-0.1, -0.05) is 42.5 Å². The fraction of sp³-hybridized carbons (Fsp3) is 0. The fourth-order valence-corrected chi connectivity index (χ4v) is 3.68. The molecule has 0 aliphatic rings. The van der Waals surface area contributed by atoms with Crippen LogP contribution in [-0.4, -0.2) is 28.0 Å². The first-order chi connectivity index (χ1) is 15.5. The van der Waals surface area contributed by atoms with Crippen molar-refractivity contribution in [3.63, 3.8) is 0 Å². The minimum absolute atomic E-state index is 0.0835. The molecule has 0 saturated heterocycles. The zero-order chi connectivity index (χ0) is 22.5. The summed E-state index contributed by atoms with van der Waals surface area (Å²) in [6, 6.07) is 18.4. The van der Waals surface area contributed by atoms with E-state index in [0.717, 1.165) is 11.3 Å². The standard InChI is InChI=1S/C23H16N4O4S/c28-18-9-5-4-8-17(18)22(30)26-24-14-19-21(25-23(31)32-19)27-12-10-16(11-13-27)20(29)15-6-2-1-3-7-15/h1-14H,(H2,28,29,30)/p+1. The first-order valence-electron chi connectivity index (χ1n) is 9.49. The zero-order valence-corrected chi connectivity index (χ0v) is 17.4. The summed E-state index contributed by atoms with van der Waals surface area (Å²) in [5, 5.41) is 13.6. The monoisotopic (exact) mass is 445 g/mol. The van der Waals surface area contributed by atoms with Crippen LogP contribution in [0.25, 0.3) is 5.82 Å². The summed E-state index contributed by atoms with van der Waals surface area (Å²) >= 11 is 0.918. The van der Waals surface area contributed by atoms with E-state index in [1.807, 2.05) is 6.07 Å². The van der Waals surface area contributed by atoms with Crippen LogP contribution >= 0.6 is 11.3 Å². The highest BCUT2D eigenvalue weighted by molar-refractivity contribution is 7.11. The molecule has 9 heteroatoms. The van der Waals surface area contributed by atoms with Gasteiger partial charge in [0.05, 0.1) is 24.2 Å². The average Bonchev–Trinajstić information content (AvgIpc) is 3.19. The molecule has 2 heterocycles. The number of nitrogens with one attached hydrogen (secondary N) is 2. The van der Waals surface area contributed by atoms with Crippen LogP contribution in [0.5, 0.6) is 5.75 Å². The molecule has 3 N–H and O–H groups in total. The van der Waals surface area contributed by atoms with Crippen LogP contribution in [0.15, 0.2) is 89.0 Å². The van der Waals surface area contributed by atoms with Gasteiger partial charge in [-0.2, -0.15) is 10.1 Å². The van der Waals surface area contributed by atoms with E-state index in [1.54, 1.807) is 65.5 Å². The Balaban J connectivity index is 1.53. The highest BCUT2D eigenvalue weighted by Crippen LogP contribution is 2.15. The molecule has 4 rings (SSSR count).